The lowest BCUT2D eigenvalue weighted by Crippen LogP contribution is -2.47. The number of amides is 2. The average Bonchev–Trinajstić information content (AvgIpc) is 2.79. The van der Waals surface area contributed by atoms with Crippen LogP contribution in [-0.4, -0.2) is 34.9 Å². The highest BCUT2D eigenvalue weighted by Crippen LogP contribution is 2.21. The molecule has 0 spiro atoms. The maximum Gasteiger partial charge on any atom is 0.321 e. The summed E-state index contributed by atoms with van der Waals surface area (Å²) in [6.07, 6.45) is 3.17. The fraction of sp³-hybridized carbons (Fsp3) is 0.217. The van der Waals surface area contributed by atoms with Crippen LogP contribution < -0.4 is 20.1 Å². The number of hydrogen-bond donors (Lipinski definition) is 2. The van der Waals surface area contributed by atoms with Crippen molar-refractivity contribution in [3.05, 3.63) is 72.6 Å². The van der Waals surface area contributed by atoms with Crippen LogP contribution in [0.15, 0.2) is 67.0 Å². The molecular formula is C23H24N4O4. The molecule has 3 rings (SSSR count). The molecule has 8 heteroatoms. The summed E-state index contributed by atoms with van der Waals surface area (Å²) < 4.78 is 10.8. The lowest BCUT2D eigenvalue weighted by atomic mass is 10.0. The molecule has 2 N–H and O–H groups in total. The number of carbonyl (C=O) groups excluding carboxylic acids is 2. The minimum Gasteiger partial charge on any atom is -0.496 e. The van der Waals surface area contributed by atoms with Crippen LogP contribution in [0.3, 0.4) is 0 Å². The van der Waals surface area contributed by atoms with E-state index in [2.05, 4.69) is 20.6 Å². The zero-order valence-electron chi connectivity index (χ0n) is 17.5. The fourth-order valence-corrected chi connectivity index (χ4v) is 2.86. The monoisotopic (exact) mass is 420 g/mol. The number of benzene rings is 2. The quantitative estimate of drug-likeness (QED) is 0.576. The SMILES string of the molecule is COc1ccccc1C(=O)NC(C(=O)Nc1ccc(Oc2ncccn2)cc1)C(C)C. The van der Waals surface area contributed by atoms with E-state index < -0.39 is 6.04 Å². The molecule has 0 saturated carbocycles. The number of rotatable bonds is 8. The molecule has 1 unspecified atom stereocenters. The van der Waals surface area contributed by atoms with Gasteiger partial charge in [0.05, 0.1) is 12.7 Å². The molecule has 0 saturated heterocycles. The summed E-state index contributed by atoms with van der Waals surface area (Å²) in [5.41, 5.74) is 0.941. The summed E-state index contributed by atoms with van der Waals surface area (Å²) in [6.45, 7) is 3.73. The highest BCUT2D eigenvalue weighted by molar-refractivity contribution is 6.02. The van der Waals surface area contributed by atoms with Crippen LogP contribution in [0.25, 0.3) is 0 Å². The Hall–Kier alpha value is -3.94. The van der Waals surface area contributed by atoms with Gasteiger partial charge in [0.2, 0.25) is 5.91 Å². The van der Waals surface area contributed by atoms with E-state index in [1.165, 1.54) is 7.11 Å². The normalized spacial score (nSPS) is 11.5. The summed E-state index contributed by atoms with van der Waals surface area (Å²) in [4.78, 5) is 33.6. The Bertz CT molecular complexity index is 1020. The van der Waals surface area contributed by atoms with Gasteiger partial charge in [-0.3, -0.25) is 9.59 Å². The van der Waals surface area contributed by atoms with E-state index >= 15 is 0 Å². The first kappa shape index (κ1) is 21.8. The van der Waals surface area contributed by atoms with E-state index in [0.717, 1.165) is 0 Å². The van der Waals surface area contributed by atoms with Crippen LogP contribution in [0.2, 0.25) is 0 Å². The van der Waals surface area contributed by atoms with Crippen LogP contribution in [0, 0.1) is 5.92 Å². The molecule has 0 radical (unpaired) electrons. The molecular weight excluding hydrogens is 396 g/mol. The molecule has 0 aliphatic carbocycles. The topological polar surface area (TPSA) is 102 Å². The first-order valence-corrected chi connectivity index (χ1v) is 9.77. The minimum atomic E-state index is -0.731. The van der Waals surface area contributed by atoms with Gasteiger partial charge >= 0.3 is 6.01 Å². The number of nitrogens with zero attached hydrogens (tertiary/aromatic N) is 2. The summed E-state index contributed by atoms with van der Waals surface area (Å²) in [7, 11) is 1.50. The summed E-state index contributed by atoms with van der Waals surface area (Å²) in [5.74, 6) is 0.155. The van der Waals surface area contributed by atoms with Crippen molar-refractivity contribution in [2.75, 3.05) is 12.4 Å². The van der Waals surface area contributed by atoms with Crippen molar-refractivity contribution in [1.29, 1.82) is 0 Å². The molecule has 3 aromatic rings. The number of para-hydroxylation sites is 1. The van der Waals surface area contributed by atoms with E-state index in [1.807, 2.05) is 13.8 Å². The van der Waals surface area contributed by atoms with E-state index in [0.29, 0.717) is 22.7 Å². The Morgan fingerprint density at radius 3 is 2.26 bits per heavy atom. The van der Waals surface area contributed by atoms with Crippen molar-refractivity contribution in [3.8, 4) is 17.5 Å². The zero-order chi connectivity index (χ0) is 22.2. The summed E-state index contributed by atoms with van der Waals surface area (Å²) in [5, 5.41) is 5.63. The minimum absolute atomic E-state index is 0.128. The van der Waals surface area contributed by atoms with Crippen molar-refractivity contribution >= 4 is 17.5 Å². The number of aromatic nitrogens is 2. The Balaban J connectivity index is 1.65. The molecule has 31 heavy (non-hydrogen) atoms. The van der Waals surface area contributed by atoms with Crippen molar-refractivity contribution in [1.82, 2.24) is 15.3 Å². The van der Waals surface area contributed by atoms with Crippen molar-refractivity contribution in [3.63, 3.8) is 0 Å². The Labute approximate surface area is 180 Å². The first-order valence-electron chi connectivity index (χ1n) is 9.77. The standard InChI is InChI=1S/C23H24N4O4/c1-15(2)20(27-21(28)18-7-4-5-8-19(18)30-3)22(29)26-16-9-11-17(12-10-16)31-23-24-13-6-14-25-23/h4-15,20H,1-3H3,(H,26,29)(H,27,28). The zero-order valence-corrected chi connectivity index (χ0v) is 17.5. The lowest BCUT2D eigenvalue weighted by Gasteiger charge is -2.22. The predicted molar refractivity (Wildman–Crippen MR) is 116 cm³/mol. The summed E-state index contributed by atoms with van der Waals surface area (Å²) in [6, 6.07) is 14.9. The second kappa shape index (κ2) is 10.2. The van der Waals surface area contributed by atoms with Gasteiger partial charge in [-0.25, -0.2) is 9.97 Å². The number of anilines is 1. The van der Waals surface area contributed by atoms with Crippen LogP contribution >= 0.6 is 0 Å². The number of carbonyl (C=O) groups is 2. The smallest absolute Gasteiger partial charge is 0.321 e. The van der Waals surface area contributed by atoms with E-state index in [-0.39, 0.29) is 23.7 Å². The summed E-state index contributed by atoms with van der Waals surface area (Å²) >= 11 is 0. The predicted octanol–water partition coefficient (Wildman–Crippen LogP) is 3.67. The van der Waals surface area contributed by atoms with E-state index in [4.69, 9.17) is 9.47 Å². The first-order chi connectivity index (χ1) is 15.0. The van der Waals surface area contributed by atoms with Gasteiger partial charge in [0.15, 0.2) is 0 Å². The van der Waals surface area contributed by atoms with Gasteiger partial charge in [-0.15, -0.1) is 0 Å². The molecule has 1 heterocycles. The van der Waals surface area contributed by atoms with Crippen LogP contribution in [-0.2, 0) is 4.79 Å². The second-order valence-electron chi connectivity index (χ2n) is 7.04. The molecule has 0 fully saturated rings. The highest BCUT2D eigenvalue weighted by atomic mass is 16.5. The average molecular weight is 420 g/mol. The maximum atomic E-state index is 12.8. The molecule has 1 atom stereocenters. The van der Waals surface area contributed by atoms with Gasteiger partial charge in [-0.05, 0) is 48.4 Å². The number of hydrogen-bond acceptors (Lipinski definition) is 6. The van der Waals surface area contributed by atoms with Crippen molar-refractivity contribution in [2.45, 2.75) is 19.9 Å². The Kier molecular flexibility index (Phi) is 7.16. The lowest BCUT2D eigenvalue weighted by molar-refractivity contribution is -0.118. The fourth-order valence-electron chi connectivity index (χ4n) is 2.86. The molecule has 0 aliphatic rings. The Morgan fingerprint density at radius 2 is 1.61 bits per heavy atom. The number of nitrogens with one attached hydrogen (secondary N) is 2. The van der Waals surface area contributed by atoms with Gasteiger partial charge < -0.3 is 20.1 Å². The van der Waals surface area contributed by atoms with Crippen LogP contribution in [0.4, 0.5) is 5.69 Å². The molecule has 8 nitrogen and oxygen atoms in total. The van der Waals surface area contributed by atoms with Crippen LogP contribution in [0.5, 0.6) is 17.5 Å². The van der Waals surface area contributed by atoms with Crippen LogP contribution in [0.1, 0.15) is 24.2 Å². The molecule has 0 aliphatic heterocycles. The largest absolute Gasteiger partial charge is 0.496 e. The molecule has 1 aromatic heterocycles. The Morgan fingerprint density at radius 1 is 0.935 bits per heavy atom. The number of ether oxygens (including phenoxy) is 2. The molecule has 0 bridgehead atoms. The maximum absolute atomic E-state index is 12.8. The molecule has 2 amide bonds. The molecule has 160 valence electrons. The van der Waals surface area contributed by atoms with Crippen molar-refractivity contribution in [2.24, 2.45) is 5.92 Å². The van der Waals surface area contributed by atoms with Gasteiger partial charge in [0.25, 0.3) is 5.91 Å². The van der Waals surface area contributed by atoms with Crippen molar-refractivity contribution < 1.29 is 19.1 Å². The van der Waals surface area contributed by atoms with Gasteiger partial charge in [-0.2, -0.15) is 0 Å². The van der Waals surface area contributed by atoms with E-state index in [9.17, 15) is 9.59 Å². The third kappa shape index (κ3) is 5.79. The second-order valence-corrected chi connectivity index (χ2v) is 7.04. The highest BCUT2D eigenvalue weighted by Gasteiger charge is 2.26. The van der Waals surface area contributed by atoms with Gasteiger partial charge in [-0.1, -0.05) is 26.0 Å². The van der Waals surface area contributed by atoms with Gasteiger partial charge in [0, 0.05) is 18.1 Å². The van der Waals surface area contributed by atoms with Gasteiger partial charge in [0.1, 0.15) is 17.5 Å². The third-order valence-electron chi connectivity index (χ3n) is 4.46. The number of methoxy groups -OCH3 is 1. The third-order valence-corrected chi connectivity index (χ3v) is 4.46. The van der Waals surface area contributed by atoms with E-state index in [1.54, 1.807) is 67.0 Å². The molecule has 2 aromatic carbocycles.